The minimum absolute atomic E-state index is 0.582. The Kier molecular flexibility index (Phi) is 5.95. The van der Waals surface area contributed by atoms with Crippen molar-refractivity contribution < 1.29 is 0 Å². The molecule has 0 amide bonds. The summed E-state index contributed by atoms with van der Waals surface area (Å²) in [5.41, 5.74) is 2.59. The summed E-state index contributed by atoms with van der Waals surface area (Å²) in [6.45, 7) is 11.0. The fourth-order valence-electron chi connectivity index (χ4n) is 3.36. The fourth-order valence-corrected chi connectivity index (χ4v) is 3.65. The van der Waals surface area contributed by atoms with Crippen LogP contribution in [0.25, 0.3) is 0 Å². The summed E-state index contributed by atoms with van der Waals surface area (Å²) in [5.74, 6) is 0.668. The summed E-state index contributed by atoms with van der Waals surface area (Å²) in [6.07, 6.45) is 3.73. The van der Waals surface area contributed by atoms with Gasteiger partial charge in [0.1, 0.15) is 0 Å². The van der Waals surface area contributed by atoms with E-state index in [9.17, 15) is 0 Å². The smallest absolute Gasteiger partial charge is 0.0643 e. The molecule has 2 unspecified atom stereocenters. The molecule has 0 spiro atoms. The molecule has 1 heterocycles. The molecule has 0 radical (unpaired) electrons. The van der Waals surface area contributed by atoms with Gasteiger partial charge in [0.2, 0.25) is 0 Å². The average Bonchev–Trinajstić information content (AvgIpc) is 2.80. The predicted molar refractivity (Wildman–Crippen MR) is 93.3 cm³/mol. The molecule has 2 nitrogen and oxygen atoms in total. The maximum atomic E-state index is 6.57. The Morgan fingerprint density at radius 3 is 2.76 bits per heavy atom. The maximum absolute atomic E-state index is 6.57. The lowest BCUT2D eigenvalue weighted by molar-refractivity contribution is 0.550. The van der Waals surface area contributed by atoms with E-state index in [-0.39, 0.29) is 0 Å². The number of nitrogens with zero attached hydrogens (tertiary/aromatic N) is 1. The van der Waals surface area contributed by atoms with Crippen LogP contribution in [0.5, 0.6) is 0 Å². The number of nitrogens with one attached hydrogen (secondary N) is 1. The van der Waals surface area contributed by atoms with Crippen molar-refractivity contribution in [3.63, 3.8) is 0 Å². The highest BCUT2D eigenvalue weighted by atomic mass is 35.5. The molecule has 2 rings (SSSR count). The molecular formula is C18H29ClN2. The SMILES string of the molecule is CCC1CCC(C)N1c1c(Cl)cccc1CNCC(C)C. The van der Waals surface area contributed by atoms with Gasteiger partial charge in [-0.3, -0.25) is 0 Å². The fraction of sp³-hybridized carbons (Fsp3) is 0.667. The standard InChI is InChI=1S/C18H29ClN2/c1-5-16-10-9-14(4)21(16)18-15(7-6-8-17(18)19)12-20-11-13(2)3/h6-8,13-14,16,20H,5,9-12H2,1-4H3. The molecule has 0 aromatic heterocycles. The molecule has 0 bridgehead atoms. The van der Waals surface area contributed by atoms with Gasteiger partial charge >= 0.3 is 0 Å². The number of hydrogen-bond donors (Lipinski definition) is 1. The Morgan fingerprint density at radius 2 is 2.10 bits per heavy atom. The lowest BCUT2D eigenvalue weighted by Crippen LogP contribution is -2.35. The zero-order valence-electron chi connectivity index (χ0n) is 13.8. The van der Waals surface area contributed by atoms with Crippen LogP contribution in [0.3, 0.4) is 0 Å². The molecule has 1 aromatic carbocycles. The van der Waals surface area contributed by atoms with Crippen molar-refractivity contribution in [1.82, 2.24) is 5.32 Å². The summed E-state index contributed by atoms with van der Waals surface area (Å²) < 4.78 is 0. The number of anilines is 1. The second kappa shape index (κ2) is 7.51. The molecular weight excluding hydrogens is 280 g/mol. The van der Waals surface area contributed by atoms with Crippen molar-refractivity contribution in [3.8, 4) is 0 Å². The van der Waals surface area contributed by atoms with Crippen LogP contribution in [0.2, 0.25) is 5.02 Å². The third-order valence-corrected chi connectivity index (χ3v) is 4.76. The second-order valence-corrected chi connectivity index (χ2v) is 7.08. The minimum atomic E-state index is 0.582. The quantitative estimate of drug-likeness (QED) is 0.808. The Labute approximate surface area is 134 Å². The lowest BCUT2D eigenvalue weighted by Gasteiger charge is -2.33. The van der Waals surface area contributed by atoms with E-state index >= 15 is 0 Å². The van der Waals surface area contributed by atoms with E-state index in [4.69, 9.17) is 11.6 Å². The van der Waals surface area contributed by atoms with Crippen LogP contribution >= 0.6 is 11.6 Å². The van der Waals surface area contributed by atoms with Crippen LogP contribution in [0, 0.1) is 5.92 Å². The number of halogens is 1. The first-order chi connectivity index (χ1) is 10.0. The Morgan fingerprint density at radius 1 is 1.33 bits per heavy atom. The first-order valence-corrected chi connectivity index (χ1v) is 8.68. The van der Waals surface area contributed by atoms with E-state index in [2.05, 4.69) is 50.0 Å². The summed E-state index contributed by atoms with van der Waals surface area (Å²) in [6, 6.07) is 7.52. The van der Waals surface area contributed by atoms with Crippen LogP contribution in [-0.4, -0.2) is 18.6 Å². The second-order valence-electron chi connectivity index (χ2n) is 6.67. The first kappa shape index (κ1) is 16.6. The van der Waals surface area contributed by atoms with Crippen LogP contribution in [0.4, 0.5) is 5.69 Å². The summed E-state index contributed by atoms with van der Waals surface area (Å²) in [7, 11) is 0. The molecule has 1 aliphatic rings. The van der Waals surface area contributed by atoms with E-state index in [1.54, 1.807) is 0 Å². The van der Waals surface area contributed by atoms with Crippen LogP contribution in [0.1, 0.15) is 52.5 Å². The van der Waals surface area contributed by atoms with Crippen LogP contribution < -0.4 is 10.2 Å². The maximum Gasteiger partial charge on any atom is 0.0643 e. The van der Waals surface area contributed by atoms with Crippen molar-refractivity contribution in [2.75, 3.05) is 11.4 Å². The van der Waals surface area contributed by atoms with Crippen molar-refractivity contribution in [3.05, 3.63) is 28.8 Å². The third-order valence-electron chi connectivity index (χ3n) is 4.45. The molecule has 3 heteroatoms. The van der Waals surface area contributed by atoms with Gasteiger partial charge < -0.3 is 10.2 Å². The monoisotopic (exact) mass is 308 g/mol. The van der Waals surface area contributed by atoms with Gasteiger partial charge in [-0.05, 0) is 50.3 Å². The van der Waals surface area contributed by atoms with Gasteiger partial charge in [-0.15, -0.1) is 0 Å². The van der Waals surface area contributed by atoms with Gasteiger partial charge in [0.15, 0.2) is 0 Å². The summed E-state index contributed by atoms with van der Waals surface area (Å²) in [5, 5.41) is 4.45. The zero-order chi connectivity index (χ0) is 15.4. The number of hydrogen-bond acceptors (Lipinski definition) is 2. The number of para-hydroxylation sites is 1. The highest BCUT2D eigenvalue weighted by molar-refractivity contribution is 6.33. The highest BCUT2D eigenvalue weighted by Gasteiger charge is 2.31. The Balaban J connectivity index is 2.24. The molecule has 1 aromatic rings. The van der Waals surface area contributed by atoms with Gasteiger partial charge in [0, 0.05) is 18.6 Å². The van der Waals surface area contributed by atoms with Gasteiger partial charge in [-0.1, -0.05) is 44.5 Å². The summed E-state index contributed by atoms with van der Waals surface area (Å²) >= 11 is 6.57. The van der Waals surface area contributed by atoms with Gasteiger partial charge in [-0.2, -0.15) is 0 Å². The Bertz CT molecular complexity index is 459. The number of rotatable bonds is 6. The molecule has 1 N–H and O–H groups in total. The van der Waals surface area contributed by atoms with Gasteiger partial charge in [0.05, 0.1) is 10.7 Å². The lowest BCUT2D eigenvalue weighted by atomic mass is 10.1. The molecule has 2 atom stereocenters. The van der Waals surface area contributed by atoms with E-state index < -0.39 is 0 Å². The molecule has 21 heavy (non-hydrogen) atoms. The van der Waals surface area contributed by atoms with Crippen molar-refractivity contribution >= 4 is 17.3 Å². The Hall–Kier alpha value is -0.730. The summed E-state index contributed by atoms with van der Waals surface area (Å²) in [4.78, 5) is 2.56. The number of benzene rings is 1. The molecule has 1 aliphatic heterocycles. The van der Waals surface area contributed by atoms with E-state index in [0.29, 0.717) is 18.0 Å². The average molecular weight is 309 g/mol. The van der Waals surface area contributed by atoms with Crippen molar-refractivity contribution in [2.24, 2.45) is 5.92 Å². The molecule has 1 saturated heterocycles. The van der Waals surface area contributed by atoms with Crippen molar-refractivity contribution in [2.45, 2.75) is 65.6 Å². The topological polar surface area (TPSA) is 15.3 Å². The van der Waals surface area contributed by atoms with E-state index in [0.717, 1.165) is 18.1 Å². The molecule has 118 valence electrons. The van der Waals surface area contributed by atoms with E-state index in [1.165, 1.54) is 30.5 Å². The largest absolute Gasteiger partial charge is 0.364 e. The minimum Gasteiger partial charge on any atom is -0.364 e. The molecule has 0 aliphatic carbocycles. The zero-order valence-corrected chi connectivity index (χ0v) is 14.6. The molecule has 0 saturated carbocycles. The third kappa shape index (κ3) is 3.92. The molecule has 1 fully saturated rings. The predicted octanol–water partition coefficient (Wildman–Crippen LogP) is 4.85. The van der Waals surface area contributed by atoms with Gasteiger partial charge in [-0.25, -0.2) is 0 Å². The van der Waals surface area contributed by atoms with Gasteiger partial charge in [0.25, 0.3) is 0 Å². The van der Waals surface area contributed by atoms with Crippen LogP contribution in [-0.2, 0) is 6.54 Å². The van der Waals surface area contributed by atoms with Crippen molar-refractivity contribution in [1.29, 1.82) is 0 Å². The first-order valence-electron chi connectivity index (χ1n) is 8.31. The normalized spacial score (nSPS) is 22.3. The van der Waals surface area contributed by atoms with Crippen LogP contribution in [0.15, 0.2) is 18.2 Å². The highest BCUT2D eigenvalue weighted by Crippen LogP contribution is 2.38. The van der Waals surface area contributed by atoms with E-state index in [1.807, 2.05) is 6.07 Å².